The number of hydrogen-bond donors (Lipinski definition) is 0. The van der Waals surface area contributed by atoms with Crippen molar-refractivity contribution in [3.8, 4) is 22.9 Å². The summed E-state index contributed by atoms with van der Waals surface area (Å²) < 4.78 is 41.3. The van der Waals surface area contributed by atoms with Crippen LogP contribution in [0.4, 0.5) is 8.78 Å². The van der Waals surface area contributed by atoms with E-state index in [1.54, 1.807) is 63.3 Å². The zero-order valence-corrected chi connectivity index (χ0v) is 36.6. The van der Waals surface area contributed by atoms with Crippen LogP contribution in [-0.2, 0) is 9.59 Å². The number of hydrogen-bond acceptors (Lipinski definition) is 6. The number of rotatable bonds is 10. The highest BCUT2D eigenvalue weighted by atomic mass is 19.1. The molecule has 64 heavy (non-hydrogen) atoms. The first-order valence-electron chi connectivity index (χ1n) is 21.3. The van der Waals surface area contributed by atoms with Crippen LogP contribution in [0.5, 0.6) is 11.5 Å². The van der Waals surface area contributed by atoms with E-state index in [2.05, 4.69) is 22.1 Å². The fourth-order valence-electron chi connectivity index (χ4n) is 7.69. The van der Waals surface area contributed by atoms with Crippen molar-refractivity contribution in [2.24, 2.45) is 0 Å². The van der Waals surface area contributed by atoms with Gasteiger partial charge in [-0.1, -0.05) is 48.6 Å². The van der Waals surface area contributed by atoms with E-state index in [4.69, 9.17) is 9.47 Å². The molecule has 0 fully saturated rings. The first-order chi connectivity index (χ1) is 31.1. The lowest BCUT2D eigenvalue weighted by Crippen LogP contribution is -2.30. The van der Waals surface area contributed by atoms with Gasteiger partial charge in [-0.25, -0.2) is 18.7 Å². The van der Waals surface area contributed by atoms with E-state index in [1.807, 2.05) is 93.7 Å². The Kier molecular flexibility index (Phi) is 14.8. The molecule has 2 aromatic heterocycles. The number of amides is 2. The number of nitrogens with zero attached hydrogens (tertiary/aromatic N) is 6. The Morgan fingerprint density at radius 1 is 0.609 bits per heavy atom. The van der Waals surface area contributed by atoms with Crippen molar-refractivity contribution in [2.45, 2.75) is 39.5 Å². The summed E-state index contributed by atoms with van der Waals surface area (Å²) in [6.45, 7) is 6.40. The van der Waals surface area contributed by atoms with Crippen molar-refractivity contribution in [2.75, 3.05) is 40.4 Å². The van der Waals surface area contributed by atoms with E-state index in [1.165, 1.54) is 24.3 Å². The van der Waals surface area contributed by atoms with Crippen LogP contribution in [-0.4, -0.2) is 81.1 Å². The topological polar surface area (TPSA) is 94.7 Å². The van der Waals surface area contributed by atoms with Gasteiger partial charge in [-0.15, -0.1) is 0 Å². The maximum absolute atomic E-state index is 13.2. The zero-order chi connectivity index (χ0) is 45.0. The van der Waals surface area contributed by atoms with Crippen molar-refractivity contribution < 1.29 is 27.8 Å². The van der Waals surface area contributed by atoms with E-state index in [0.717, 1.165) is 81.8 Å². The van der Waals surface area contributed by atoms with Gasteiger partial charge in [0.25, 0.3) is 0 Å². The van der Waals surface area contributed by atoms with Crippen molar-refractivity contribution >= 4 is 35.1 Å². The third-order valence-electron chi connectivity index (χ3n) is 11.2. The minimum absolute atomic E-state index is 0.0213. The zero-order valence-electron chi connectivity index (χ0n) is 36.6. The maximum Gasteiger partial charge on any atom is 0.246 e. The van der Waals surface area contributed by atoms with E-state index >= 15 is 0 Å². The number of aromatic nitrogens is 4. The van der Waals surface area contributed by atoms with E-state index in [0.29, 0.717) is 37.7 Å². The summed E-state index contributed by atoms with van der Waals surface area (Å²) in [4.78, 5) is 37.8. The molecule has 0 bridgehead atoms. The van der Waals surface area contributed by atoms with Crippen molar-refractivity contribution in [1.29, 1.82) is 0 Å². The molecule has 12 heteroatoms. The molecular formula is C52H52F2N6O4. The number of benzene rings is 4. The lowest BCUT2D eigenvalue weighted by atomic mass is 10.0. The van der Waals surface area contributed by atoms with Crippen molar-refractivity contribution in [3.63, 3.8) is 0 Å². The monoisotopic (exact) mass is 862 g/mol. The van der Waals surface area contributed by atoms with Crippen molar-refractivity contribution in [3.05, 3.63) is 180 Å². The SMILES string of the molecule is COc1cc(/C=C/C(=O)N2CC=C(c3ccc(F)cc3)CCC2)ccc1-n1cnc(C)c1.COc1cc(/C=C/C(=O)N2CCC=C(c3ccc(F)cc3)CC2)ccc1-n1cnc(C)c1. The van der Waals surface area contributed by atoms with Gasteiger partial charge in [-0.2, -0.15) is 0 Å². The van der Waals surface area contributed by atoms with Gasteiger partial charge in [-0.3, -0.25) is 9.59 Å². The Balaban J connectivity index is 0.000000191. The maximum atomic E-state index is 13.2. The molecule has 8 rings (SSSR count). The molecule has 0 radical (unpaired) electrons. The number of ether oxygens (including phenoxy) is 2. The molecule has 0 saturated heterocycles. The minimum atomic E-state index is -0.241. The Morgan fingerprint density at radius 3 is 1.59 bits per heavy atom. The number of carbonyl (C=O) groups excluding carboxylic acids is 2. The molecule has 2 amide bonds. The van der Waals surface area contributed by atoms with Gasteiger partial charge < -0.3 is 28.4 Å². The number of halogens is 2. The van der Waals surface area contributed by atoms with Gasteiger partial charge in [0.05, 0.1) is 49.6 Å². The Hall–Kier alpha value is -7.34. The second kappa shape index (κ2) is 21.2. The highest BCUT2D eigenvalue weighted by Gasteiger charge is 2.17. The lowest BCUT2D eigenvalue weighted by molar-refractivity contribution is -0.126. The largest absolute Gasteiger partial charge is 0.495 e. The van der Waals surface area contributed by atoms with Gasteiger partial charge in [0.2, 0.25) is 11.8 Å². The van der Waals surface area contributed by atoms with Gasteiger partial charge in [0.1, 0.15) is 23.1 Å². The summed E-state index contributed by atoms with van der Waals surface area (Å²) in [7, 11) is 3.26. The first-order valence-corrected chi connectivity index (χ1v) is 21.3. The summed E-state index contributed by atoms with van der Waals surface area (Å²) in [5.41, 5.74) is 9.73. The smallest absolute Gasteiger partial charge is 0.246 e. The van der Waals surface area contributed by atoms with Crippen LogP contribution in [0.2, 0.25) is 0 Å². The third kappa shape index (κ3) is 11.6. The number of carbonyl (C=O) groups is 2. The van der Waals surface area contributed by atoms with Crippen LogP contribution in [0.15, 0.2) is 134 Å². The third-order valence-corrected chi connectivity index (χ3v) is 11.2. The minimum Gasteiger partial charge on any atom is -0.495 e. The summed E-state index contributed by atoms with van der Waals surface area (Å²) >= 11 is 0. The summed E-state index contributed by atoms with van der Waals surface area (Å²) in [5, 5.41) is 0. The molecule has 0 saturated carbocycles. The molecule has 0 N–H and O–H groups in total. The summed E-state index contributed by atoms with van der Waals surface area (Å²) in [5.74, 6) is 0.880. The molecule has 10 nitrogen and oxygen atoms in total. The molecule has 0 atom stereocenters. The Bertz CT molecular complexity index is 2690. The van der Waals surface area contributed by atoms with Gasteiger partial charge >= 0.3 is 0 Å². The summed E-state index contributed by atoms with van der Waals surface area (Å²) in [6.07, 6.45) is 21.7. The van der Waals surface area contributed by atoms with Crippen LogP contribution < -0.4 is 9.47 Å². The molecular weight excluding hydrogens is 811 g/mol. The molecule has 4 aromatic carbocycles. The number of imidazole rings is 2. The van der Waals surface area contributed by atoms with Crippen LogP contribution >= 0.6 is 0 Å². The number of allylic oxidation sites excluding steroid dienone is 1. The molecule has 0 unspecified atom stereocenters. The van der Waals surface area contributed by atoms with E-state index < -0.39 is 0 Å². The van der Waals surface area contributed by atoms with Crippen LogP contribution in [0, 0.1) is 25.5 Å². The van der Waals surface area contributed by atoms with Gasteiger partial charge in [-0.05, 0) is 134 Å². The Labute approximate surface area is 373 Å². The van der Waals surface area contributed by atoms with Crippen LogP contribution in [0.1, 0.15) is 59.3 Å². The summed E-state index contributed by atoms with van der Waals surface area (Å²) in [6, 6.07) is 24.7. The first kappa shape index (κ1) is 44.7. The quantitative estimate of drug-likeness (QED) is 0.127. The fraction of sp³-hybridized carbons (Fsp3) is 0.231. The standard InChI is InChI=1S/2C26H26FN3O2/c2*1-19-17-30(18-28-19)24-11-5-20(16-25(24)32-2)6-12-26(31)29-14-3-4-21(13-15-29)22-7-9-23(27)10-8-22/h5-13,16-18H,3-4,14-15H2,1-2H3;4-12,16-18H,3,13-15H2,1-2H3/b2*12-6+. The fourth-order valence-corrected chi connectivity index (χ4v) is 7.69. The molecule has 0 aliphatic carbocycles. The second-order valence-electron chi connectivity index (χ2n) is 15.6. The molecule has 2 aliphatic rings. The predicted octanol–water partition coefficient (Wildman–Crippen LogP) is 10.1. The van der Waals surface area contributed by atoms with Crippen molar-refractivity contribution in [1.82, 2.24) is 28.9 Å². The van der Waals surface area contributed by atoms with E-state index in [-0.39, 0.29) is 23.4 Å². The molecule has 0 spiro atoms. The predicted molar refractivity (Wildman–Crippen MR) is 248 cm³/mol. The number of methoxy groups -OCH3 is 2. The van der Waals surface area contributed by atoms with Crippen LogP contribution in [0.3, 0.4) is 0 Å². The van der Waals surface area contributed by atoms with Gasteiger partial charge in [0.15, 0.2) is 0 Å². The molecule has 4 heterocycles. The average Bonchev–Trinajstić information content (AvgIpc) is 3.76. The van der Waals surface area contributed by atoms with E-state index in [9.17, 15) is 18.4 Å². The van der Waals surface area contributed by atoms with Crippen LogP contribution in [0.25, 0.3) is 34.7 Å². The molecule has 6 aromatic rings. The number of aryl methyl sites for hydroxylation is 2. The molecule has 2 aliphatic heterocycles. The highest BCUT2D eigenvalue weighted by Crippen LogP contribution is 2.28. The normalized spacial score (nSPS) is 14.3. The molecule has 328 valence electrons. The lowest BCUT2D eigenvalue weighted by Gasteiger charge is -2.18. The highest BCUT2D eigenvalue weighted by molar-refractivity contribution is 5.93. The second-order valence-corrected chi connectivity index (χ2v) is 15.6. The average molecular weight is 863 g/mol. The van der Waals surface area contributed by atoms with Gasteiger partial charge in [0, 0.05) is 50.7 Å². The Morgan fingerprint density at radius 2 is 1.11 bits per heavy atom.